The molecule has 1 heterocycles. The second kappa shape index (κ2) is 4.73. The maximum atomic E-state index is 12.0. The fourth-order valence-corrected chi connectivity index (χ4v) is 2.24. The first-order chi connectivity index (χ1) is 6.54. The van der Waals surface area contributed by atoms with Gasteiger partial charge in [0.2, 0.25) is 5.91 Å². The zero-order valence-corrected chi connectivity index (χ0v) is 9.64. The molecule has 1 unspecified atom stereocenters. The van der Waals surface area contributed by atoms with E-state index in [0.29, 0.717) is 4.99 Å². The van der Waals surface area contributed by atoms with Crippen molar-refractivity contribution in [2.75, 3.05) is 13.1 Å². The summed E-state index contributed by atoms with van der Waals surface area (Å²) in [5.74, 6) is 0.0358. The summed E-state index contributed by atoms with van der Waals surface area (Å²) in [6.07, 6.45) is 2.21. The molecule has 1 fully saturated rings. The van der Waals surface area contributed by atoms with Gasteiger partial charge in [0.15, 0.2) is 0 Å². The van der Waals surface area contributed by atoms with Gasteiger partial charge in [-0.05, 0) is 18.8 Å². The molecule has 0 saturated carbocycles. The number of carbonyl (C=O) groups excluding carboxylic acids is 1. The molecule has 1 saturated heterocycles. The summed E-state index contributed by atoms with van der Waals surface area (Å²) in [5, 5.41) is 0. The highest BCUT2D eigenvalue weighted by Crippen LogP contribution is 2.18. The van der Waals surface area contributed by atoms with Crippen molar-refractivity contribution >= 4 is 23.1 Å². The van der Waals surface area contributed by atoms with E-state index in [9.17, 15) is 4.79 Å². The van der Waals surface area contributed by atoms with Crippen molar-refractivity contribution < 1.29 is 4.79 Å². The van der Waals surface area contributed by atoms with Gasteiger partial charge in [-0.25, -0.2) is 0 Å². The molecule has 1 amide bonds. The van der Waals surface area contributed by atoms with Gasteiger partial charge in [0.25, 0.3) is 0 Å². The molecule has 2 N–H and O–H groups in total. The quantitative estimate of drug-likeness (QED) is 0.717. The lowest BCUT2D eigenvalue weighted by molar-refractivity contribution is -0.133. The van der Waals surface area contributed by atoms with Gasteiger partial charge in [0.05, 0.1) is 10.9 Å². The number of carbonyl (C=O) groups is 1. The van der Waals surface area contributed by atoms with Gasteiger partial charge in [-0.3, -0.25) is 4.79 Å². The van der Waals surface area contributed by atoms with Crippen LogP contribution in [0, 0.1) is 11.8 Å². The highest BCUT2D eigenvalue weighted by atomic mass is 32.1. The summed E-state index contributed by atoms with van der Waals surface area (Å²) in [6, 6.07) is 0. The first-order valence-electron chi connectivity index (χ1n) is 5.12. The van der Waals surface area contributed by atoms with Crippen molar-refractivity contribution in [3.8, 4) is 0 Å². The fraction of sp³-hybridized carbons (Fsp3) is 0.800. The van der Waals surface area contributed by atoms with Gasteiger partial charge >= 0.3 is 0 Å². The van der Waals surface area contributed by atoms with E-state index in [-0.39, 0.29) is 17.7 Å². The number of nitrogens with two attached hydrogens (primary N) is 1. The first kappa shape index (κ1) is 11.4. The molecule has 1 aliphatic heterocycles. The third-order valence-electron chi connectivity index (χ3n) is 2.66. The van der Waals surface area contributed by atoms with Crippen LogP contribution in [0.25, 0.3) is 0 Å². The summed E-state index contributed by atoms with van der Waals surface area (Å²) < 4.78 is 0. The molecule has 0 spiro atoms. The second-order valence-corrected chi connectivity index (χ2v) is 4.63. The van der Waals surface area contributed by atoms with Crippen LogP contribution in [0.4, 0.5) is 0 Å². The van der Waals surface area contributed by atoms with Crippen molar-refractivity contribution in [3.63, 3.8) is 0 Å². The molecular weight excluding hydrogens is 196 g/mol. The second-order valence-electron chi connectivity index (χ2n) is 4.16. The predicted octanol–water partition coefficient (Wildman–Crippen LogP) is 1.17. The number of amides is 1. The maximum Gasteiger partial charge on any atom is 0.232 e. The molecule has 0 bridgehead atoms. The third-order valence-corrected chi connectivity index (χ3v) is 2.91. The van der Waals surface area contributed by atoms with E-state index in [4.69, 9.17) is 18.0 Å². The molecule has 1 aliphatic rings. The molecule has 1 rings (SSSR count). The molecule has 3 nitrogen and oxygen atoms in total. The molecular formula is C10H18N2OS. The van der Waals surface area contributed by atoms with Crippen LogP contribution in [0.1, 0.15) is 26.7 Å². The summed E-state index contributed by atoms with van der Waals surface area (Å²) in [4.78, 5) is 14.2. The predicted molar refractivity (Wildman–Crippen MR) is 60.9 cm³/mol. The molecule has 14 heavy (non-hydrogen) atoms. The van der Waals surface area contributed by atoms with Crippen LogP contribution >= 0.6 is 12.2 Å². The number of hydrogen-bond acceptors (Lipinski definition) is 2. The summed E-state index contributed by atoms with van der Waals surface area (Å²) >= 11 is 4.94. The number of likely N-dealkylation sites (tertiary alicyclic amines) is 1. The fourth-order valence-electron chi connectivity index (χ4n) is 1.87. The number of nitrogens with zero attached hydrogens (tertiary/aromatic N) is 1. The monoisotopic (exact) mass is 214 g/mol. The minimum absolute atomic E-state index is 0.116. The van der Waals surface area contributed by atoms with Crippen molar-refractivity contribution in [1.29, 1.82) is 0 Å². The first-order valence-corrected chi connectivity index (χ1v) is 5.53. The largest absolute Gasteiger partial charge is 0.393 e. The minimum atomic E-state index is -0.275. The number of hydrogen-bond donors (Lipinski definition) is 1. The number of thiocarbonyl (C=S) groups is 1. The van der Waals surface area contributed by atoms with Crippen molar-refractivity contribution in [1.82, 2.24) is 4.90 Å². The Morgan fingerprint density at radius 1 is 1.36 bits per heavy atom. The van der Waals surface area contributed by atoms with E-state index in [0.717, 1.165) is 25.9 Å². The molecule has 0 aromatic rings. The Hall–Kier alpha value is -0.640. The summed E-state index contributed by atoms with van der Waals surface area (Å²) in [7, 11) is 0. The Morgan fingerprint density at radius 3 is 2.21 bits per heavy atom. The lowest BCUT2D eigenvalue weighted by Crippen LogP contribution is -2.42. The average Bonchev–Trinajstić information content (AvgIpc) is 2.53. The molecule has 0 aromatic carbocycles. The van der Waals surface area contributed by atoms with Crippen molar-refractivity contribution in [2.24, 2.45) is 17.6 Å². The SMILES string of the molecule is CC(C)C(C(=O)N1CCCC1)C(N)=S. The van der Waals surface area contributed by atoms with Gasteiger partial charge in [-0.2, -0.15) is 0 Å². The highest BCUT2D eigenvalue weighted by molar-refractivity contribution is 7.80. The molecule has 0 aliphatic carbocycles. The van der Waals surface area contributed by atoms with Gasteiger partial charge in [-0.15, -0.1) is 0 Å². The molecule has 80 valence electrons. The van der Waals surface area contributed by atoms with Crippen molar-refractivity contribution in [2.45, 2.75) is 26.7 Å². The van der Waals surface area contributed by atoms with E-state index in [1.807, 2.05) is 18.7 Å². The molecule has 4 heteroatoms. The minimum Gasteiger partial charge on any atom is -0.393 e. The topological polar surface area (TPSA) is 46.3 Å². The molecule has 1 atom stereocenters. The third kappa shape index (κ3) is 2.44. The lowest BCUT2D eigenvalue weighted by atomic mass is 9.94. The smallest absolute Gasteiger partial charge is 0.232 e. The van der Waals surface area contributed by atoms with Crippen LogP contribution in [-0.2, 0) is 4.79 Å². The molecule has 0 radical (unpaired) electrons. The highest BCUT2D eigenvalue weighted by Gasteiger charge is 2.30. The van der Waals surface area contributed by atoms with Crippen LogP contribution in [0.2, 0.25) is 0 Å². The molecule has 0 aromatic heterocycles. The Labute approximate surface area is 90.6 Å². The van der Waals surface area contributed by atoms with E-state index in [1.165, 1.54) is 0 Å². The van der Waals surface area contributed by atoms with Crippen molar-refractivity contribution in [3.05, 3.63) is 0 Å². The van der Waals surface area contributed by atoms with Gasteiger partial charge in [0.1, 0.15) is 0 Å². The Bertz CT molecular complexity index is 234. The average molecular weight is 214 g/mol. The lowest BCUT2D eigenvalue weighted by Gasteiger charge is -2.24. The van der Waals surface area contributed by atoms with Crippen LogP contribution in [0.3, 0.4) is 0 Å². The zero-order chi connectivity index (χ0) is 10.7. The zero-order valence-electron chi connectivity index (χ0n) is 8.82. The van der Waals surface area contributed by atoms with Crippen LogP contribution < -0.4 is 5.73 Å². The normalized spacial score (nSPS) is 18.6. The van der Waals surface area contributed by atoms with Gasteiger partial charge in [0, 0.05) is 13.1 Å². The van der Waals surface area contributed by atoms with E-state index in [2.05, 4.69) is 0 Å². The Kier molecular flexibility index (Phi) is 3.86. The van der Waals surface area contributed by atoms with Crippen LogP contribution in [-0.4, -0.2) is 28.9 Å². The summed E-state index contributed by atoms with van der Waals surface area (Å²) in [6.45, 7) is 5.70. The van der Waals surface area contributed by atoms with Gasteiger partial charge in [-0.1, -0.05) is 26.1 Å². The van der Waals surface area contributed by atoms with Crippen LogP contribution in [0.15, 0.2) is 0 Å². The van der Waals surface area contributed by atoms with E-state index >= 15 is 0 Å². The van der Waals surface area contributed by atoms with E-state index in [1.54, 1.807) is 0 Å². The Balaban J connectivity index is 2.67. The summed E-state index contributed by atoms with van der Waals surface area (Å²) in [5.41, 5.74) is 5.59. The van der Waals surface area contributed by atoms with E-state index < -0.39 is 0 Å². The maximum absolute atomic E-state index is 12.0. The Morgan fingerprint density at radius 2 is 1.86 bits per heavy atom. The number of rotatable bonds is 3. The van der Waals surface area contributed by atoms with Gasteiger partial charge < -0.3 is 10.6 Å². The standard InChI is InChI=1S/C10H18N2OS/c1-7(2)8(9(11)14)10(13)12-5-3-4-6-12/h7-8H,3-6H2,1-2H3,(H2,11,14). The van der Waals surface area contributed by atoms with Crippen LogP contribution in [0.5, 0.6) is 0 Å².